The third-order valence-electron chi connectivity index (χ3n) is 4.43. The molecular formula is C15H26F2O4Si. The molecule has 1 heterocycles. The van der Waals surface area contributed by atoms with E-state index in [2.05, 4.69) is 0 Å². The SMILES string of the molecule is CCCC1(OCC(F)=C(F)[Si](C)(C)C(C)(C)C)COC(=O)O1. The van der Waals surface area contributed by atoms with Crippen molar-refractivity contribution in [1.82, 2.24) is 0 Å². The van der Waals surface area contributed by atoms with Crippen LogP contribution >= 0.6 is 0 Å². The van der Waals surface area contributed by atoms with Gasteiger partial charge in [-0.05, 0) is 11.5 Å². The number of cyclic esters (lactones) is 2. The van der Waals surface area contributed by atoms with E-state index >= 15 is 0 Å². The quantitative estimate of drug-likeness (QED) is 0.513. The van der Waals surface area contributed by atoms with Gasteiger partial charge in [0, 0.05) is 6.42 Å². The molecule has 22 heavy (non-hydrogen) atoms. The lowest BCUT2D eigenvalue weighted by Crippen LogP contribution is -2.40. The monoisotopic (exact) mass is 336 g/mol. The Hall–Kier alpha value is -0.953. The van der Waals surface area contributed by atoms with Gasteiger partial charge in [-0.15, -0.1) is 0 Å². The van der Waals surface area contributed by atoms with Crippen LogP contribution in [-0.2, 0) is 14.2 Å². The lowest BCUT2D eigenvalue weighted by Gasteiger charge is -2.35. The third kappa shape index (κ3) is 4.07. The molecule has 1 atom stereocenters. The van der Waals surface area contributed by atoms with Crippen LogP contribution in [0.2, 0.25) is 18.1 Å². The zero-order valence-electron chi connectivity index (χ0n) is 14.2. The number of hydrogen-bond donors (Lipinski definition) is 0. The van der Waals surface area contributed by atoms with Crippen LogP contribution in [0.3, 0.4) is 0 Å². The van der Waals surface area contributed by atoms with Crippen molar-refractivity contribution >= 4 is 14.2 Å². The van der Waals surface area contributed by atoms with Crippen molar-refractivity contribution < 1.29 is 27.8 Å². The van der Waals surface area contributed by atoms with Crippen LogP contribution in [0.5, 0.6) is 0 Å². The average molecular weight is 336 g/mol. The van der Waals surface area contributed by atoms with Gasteiger partial charge in [0.2, 0.25) is 0 Å². The minimum absolute atomic E-state index is 0.103. The molecule has 1 saturated heterocycles. The van der Waals surface area contributed by atoms with Crippen molar-refractivity contribution in [3.63, 3.8) is 0 Å². The summed E-state index contributed by atoms with van der Waals surface area (Å²) in [5.74, 6) is -2.23. The number of ether oxygens (including phenoxy) is 3. The molecule has 0 aliphatic carbocycles. The second-order valence-corrected chi connectivity index (χ2v) is 12.4. The molecule has 1 fully saturated rings. The van der Waals surface area contributed by atoms with Crippen LogP contribution < -0.4 is 0 Å². The van der Waals surface area contributed by atoms with Gasteiger partial charge in [-0.1, -0.05) is 40.8 Å². The molecule has 0 aromatic rings. The summed E-state index contributed by atoms with van der Waals surface area (Å²) in [5.41, 5.74) is -0.711. The minimum atomic E-state index is -2.59. The van der Waals surface area contributed by atoms with Gasteiger partial charge >= 0.3 is 6.16 Å². The van der Waals surface area contributed by atoms with E-state index in [-0.39, 0.29) is 11.6 Å². The fraction of sp³-hybridized carbons (Fsp3) is 0.800. The highest BCUT2D eigenvalue weighted by Gasteiger charge is 2.45. The summed E-state index contributed by atoms with van der Waals surface area (Å²) in [4.78, 5) is 11.1. The molecule has 4 nitrogen and oxygen atoms in total. The van der Waals surface area contributed by atoms with Gasteiger partial charge in [0.25, 0.3) is 5.79 Å². The van der Waals surface area contributed by atoms with Gasteiger partial charge in [0.15, 0.2) is 12.4 Å². The maximum atomic E-state index is 14.5. The highest BCUT2D eigenvalue weighted by atomic mass is 28.3. The first-order chi connectivity index (χ1) is 9.95. The number of rotatable bonds is 6. The first-order valence-electron chi connectivity index (χ1n) is 7.49. The van der Waals surface area contributed by atoms with E-state index in [1.165, 1.54) is 0 Å². The van der Waals surface area contributed by atoms with Crippen molar-refractivity contribution in [2.24, 2.45) is 0 Å². The van der Waals surface area contributed by atoms with E-state index in [0.717, 1.165) is 0 Å². The lowest BCUT2D eigenvalue weighted by atomic mass is 10.1. The molecule has 1 rings (SSSR count). The number of carbonyl (C=O) groups is 1. The molecule has 7 heteroatoms. The van der Waals surface area contributed by atoms with Crippen molar-refractivity contribution in [3.05, 3.63) is 11.3 Å². The van der Waals surface area contributed by atoms with Gasteiger partial charge in [-0.25, -0.2) is 13.6 Å². The molecule has 1 unspecified atom stereocenters. The molecular weight excluding hydrogens is 310 g/mol. The van der Waals surface area contributed by atoms with E-state index < -0.39 is 37.9 Å². The Labute approximate surface area is 131 Å². The summed E-state index contributed by atoms with van der Waals surface area (Å²) in [7, 11) is -2.59. The van der Waals surface area contributed by atoms with Gasteiger partial charge < -0.3 is 14.2 Å². The second-order valence-electron chi connectivity index (χ2n) is 7.18. The lowest BCUT2D eigenvalue weighted by molar-refractivity contribution is -0.180. The van der Waals surface area contributed by atoms with Crippen molar-refractivity contribution in [3.8, 4) is 0 Å². The van der Waals surface area contributed by atoms with Crippen molar-refractivity contribution in [2.75, 3.05) is 13.2 Å². The molecule has 0 radical (unpaired) electrons. The third-order valence-corrected chi connectivity index (χ3v) is 9.55. The first kappa shape index (κ1) is 19.1. The number of carbonyl (C=O) groups excluding carboxylic acids is 1. The van der Waals surface area contributed by atoms with Crippen LogP contribution in [-0.4, -0.2) is 33.2 Å². The maximum Gasteiger partial charge on any atom is 0.511 e. The molecule has 128 valence electrons. The van der Waals surface area contributed by atoms with Gasteiger partial charge in [0.1, 0.15) is 20.1 Å². The van der Waals surface area contributed by atoms with Gasteiger partial charge in [-0.2, -0.15) is 0 Å². The number of hydrogen-bond acceptors (Lipinski definition) is 4. The minimum Gasteiger partial charge on any atom is -0.427 e. The molecule has 0 aromatic heterocycles. The topological polar surface area (TPSA) is 44.8 Å². The smallest absolute Gasteiger partial charge is 0.427 e. The Bertz CT molecular complexity index is 457. The Morgan fingerprint density at radius 1 is 1.36 bits per heavy atom. The number of halogens is 2. The molecule has 0 amide bonds. The maximum absolute atomic E-state index is 14.5. The van der Waals surface area contributed by atoms with Crippen LogP contribution in [0.4, 0.5) is 13.6 Å². The molecule has 1 aliphatic heterocycles. The van der Waals surface area contributed by atoms with Gasteiger partial charge in [0.05, 0.1) is 0 Å². The zero-order valence-corrected chi connectivity index (χ0v) is 15.2. The summed E-state index contributed by atoms with van der Waals surface area (Å²) in [6.45, 7) is 10.5. The summed E-state index contributed by atoms with van der Waals surface area (Å²) in [6, 6.07) is 0. The average Bonchev–Trinajstić information content (AvgIpc) is 2.76. The molecule has 0 saturated carbocycles. The first-order valence-corrected chi connectivity index (χ1v) is 10.5. The van der Waals surface area contributed by atoms with Crippen LogP contribution in [0.25, 0.3) is 0 Å². The Balaban J connectivity index is 2.85. The Morgan fingerprint density at radius 2 is 1.95 bits per heavy atom. The summed E-state index contributed by atoms with van der Waals surface area (Å²) in [5, 5.41) is -0.321. The van der Waals surface area contributed by atoms with Crippen LogP contribution in [0.1, 0.15) is 40.5 Å². The normalized spacial score (nSPS) is 23.9. The van der Waals surface area contributed by atoms with E-state index in [0.29, 0.717) is 12.8 Å². The fourth-order valence-electron chi connectivity index (χ4n) is 1.95. The molecule has 0 N–H and O–H groups in total. The van der Waals surface area contributed by atoms with E-state index in [4.69, 9.17) is 14.2 Å². The highest BCUT2D eigenvalue weighted by Crippen LogP contribution is 2.42. The summed E-state index contributed by atoms with van der Waals surface area (Å²) in [6.07, 6.45) is 0.183. The Morgan fingerprint density at radius 3 is 2.36 bits per heavy atom. The molecule has 0 aromatic carbocycles. The standard InChI is InChI=1S/C15H26F2O4Si/c1-7-8-15(10-19-13(18)21-15)20-9-11(16)12(17)22(5,6)14(2,3)4/h7-10H2,1-6H3. The highest BCUT2D eigenvalue weighted by molar-refractivity contribution is 6.86. The summed E-state index contributed by atoms with van der Waals surface area (Å²) < 4.78 is 43.8. The zero-order chi connectivity index (χ0) is 17.2. The second kappa shape index (κ2) is 6.66. The molecule has 0 bridgehead atoms. The van der Waals surface area contributed by atoms with E-state index in [1.807, 2.05) is 27.7 Å². The van der Waals surface area contributed by atoms with E-state index in [9.17, 15) is 13.6 Å². The predicted molar refractivity (Wildman–Crippen MR) is 82.5 cm³/mol. The predicted octanol–water partition coefficient (Wildman–Crippen LogP) is 4.86. The van der Waals surface area contributed by atoms with E-state index in [1.54, 1.807) is 13.1 Å². The van der Waals surface area contributed by atoms with Gasteiger partial charge in [-0.3, -0.25) is 0 Å². The Kier molecular flexibility index (Phi) is 5.78. The largest absolute Gasteiger partial charge is 0.511 e. The van der Waals surface area contributed by atoms with Crippen molar-refractivity contribution in [1.29, 1.82) is 0 Å². The van der Waals surface area contributed by atoms with Crippen molar-refractivity contribution in [2.45, 2.75) is 64.5 Å². The molecule has 1 aliphatic rings. The van der Waals surface area contributed by atoms with Crippen LogP contribution in [0, 0.1) is 0 Å². The fourth-order valence-corrected chi connectivity index (χ4v) is 3.36. The summed E-state index contributed by atoms with van der Waals surface area (Å²) >= 11 is 0. The van der Waals surface area contributed by atoms with Crippen LogP contribution in [0.15, 0.2) is 11.3 Å². The molecule has 0 spiro atoms.